The van der Waals surface area contributed by atoms with E-state index in [2.05, 4.69) is 67.8 Å². The van der Waals surface area contributed by atoms with E-state index in [-0.39, 0.29) is 11.4 Å². The fourth-order valence-corrected chi connectivity index (χ4v) is 4.33. The van der Waals surface area contributed by atoms with Crippen molar-refractivity contribution in [3.8, 4) is 11.3 Å². The van der Waals surface area contributed by atoms with Crippen LogP contribution in [0.15, 0.2) is 42.5 Å². The van der Waals surface area contributed by atoms with Crippen LogP contribution in [0.3, 0.4) is 0 Å². The minimum Gasteiger partial charge on any atom is -0.469 e. The first-order chi connectivity index (χ1) is 11.9. The quantitative estimate of drug-likeness (QED) is 0.633. The maximum absolute atomic E-state index is 12.1. The van der Waals surface area contributed by atoms with Gasteiger partial charge in [-0.3, -0.25) is 4.79 Å². The van der Waals surface area contributed by atoms with Gasteiger partial charge in [-0.1, -0.05) is 48.9 Å². The Hall–Kier alpha value is -2.55. The number of para-hydroxylation sites is 1. The average Bonchev–Trinajstić information content (AvgIpc) is 2.88. The lowest BCUT2D eigenvalue weighted by Crippen LogP contribution is -2.35. The molecular formula is C22H23NO2. The molecular weight excluding hydrogens is 310 g/mol. The van der Waals surface area contributed by atoms with Gasteiger partial charge in [-0.2, -0.15) is 0 Å². The van der Waals surface area contributed by atoms with E-state index >= 15 is 0 Å². The lowest BCUT2D eigenvalue weighted by Gasteiger charge is -2.37. The summed E-state index contributed by atoms with van der Waals surface area (Å²) in [6, 6.07) is 15.1. The smallest absolute Gasteiger partial charge is 0.306 e. The second kappa shape index (κ2) is 5.48. The fraction of sp³-hybridized carbons (Fsp3) is 0.318. The third-order valence-electron chi connectivity index (χ3n) is 5.57. The van der Waals surface area contributed by atoms with Crippen molar-refractivity contribution < 1.29 is 9.53 Å². The minimum absolute atomic E-state index is 0.161. The van der Waals surface area contributed by atoms with E-state index in [1.807, 2.05) is 0 Å². The molecule has 0 spiro atoms. The van der Waals surface area contributed by atoms with Crippen LogP contribution in [0.5, 0.6) is 0 Å². The number of methoxy groups -OCH3 is 1. The Morgan fingerprint density at radius 1 is 1.20 bits per heavy atom. The first-order valence-electron chi connectivity index (χ1n) is 8.71. The van der Waals surface area contributed by atoms with Crippen LogP contribution in [0, 0.1) is 13.8 Å². The molecule has 3 aromatic rings. The second-order valence-corrected chi connectivity index (χ2v) is 7.44. The summed E-state index contributed by atoms with van der Waals surface area (Å²) in [7, 11) is 1.46. The number of fused-ring (bicyclic) bond motifs is 5. The molecule has 1 unspecified atom stereocenters. The molecule has 3 heteroatoms. The molecule has 25 heavy (non-hydrogen) atoms. The SMILES string of the molecule is COC(=O)CC1(C)Cn2c(c(C)c3ccccc32)-c2ccc(C)cc21. The van der Waals surface area contributed by atoms with Crippen LogP contribution in [0.25, 0.3) is 22.2 Å². The van der Waals surface area contributed by atoms with Gasteiger partial charge in [0, 0.05) is 28.4 Å². The molecule has 0 aliphatic carbocycles. The molecule has 0 bridgehead atoms. The molecule has 1 aromatic heterocycles. The molecule has 1 aliphatic heterocycles. The highest BCUT2D eigenvalue weighted by atomic mass is 16.5. The van der Waals surface area contributed by atoms with Crippen LogP contribution in [0.2, 0.25) is 0 Å². The highest BCUT2D eigenvalue weighted by Crippen LogP contribution is 2.46. The number of nitrogens with zero attached hydrogens (tertiary/aromatic N) is 1. The Balaban J connectivity index is 2.03. The Morgan fingerprint density at radius 2 is 1.96 bits per heavy atom. The van der Waals surface area contributed by atoms with E-state index in [1.54, 1.807) is 0 Å². The van der Waals surface area contributed by atoms with Gasteiger partial charge < -0.3 is 9.30 Å². The zero-order valence-electron chi connectivity index (χ0n) is 15.2. The van der Waals surface area contributed by atoms with Crippen molar-refractivity contribution in [2.24, 2.45) is 0 Å². The molecule has 0 amide bonds. The van der Waals surface area contributed by atoms with Crippen molar-refractivity contribution in [1.82, 2.24) is 4.57 Å². The number of benzene rings is 2. The van der Waals surface area contributed by atoms with Gasteiger partial charge in [0.15, 0.2) is 0 Å². The molecule has 1 atom stereocenters. The highest BCUT2D eigenvalue weighted by Gasteiger charge is 2.38. The third kappa shape index (κ3) is 2.30. The average molecular weight is 333 g/mol. The van der Waals surface area contributed by atoms with Gasteiger partial charge in [-0.15, -0.1) is 0 Å². The highest BCUT2D eigenvalue weighted by molar-refractivity contribution is 5.93. The number of carbonyl (C=O) groups excluding carboxylic acids is 1. The van der Waals surface area contributed by atoms with Crippen LogP contribution in [0.4, 0.5) is 0 Å². The number of aryl methyl sites for hydroxylation is 2. The number of hydrogen-bond acceptors (Lipinski definition) is 2. The Morgan fingerprint density at radius 3 is 2.72 bits per heavy atom. The number of hydrogen-bond donors (Lipinski definition) is 0. The van der Waals surface area contributed by atoms with E-state index in [0.717, 1.165) is 6.54 Å². The van der Waals surface area contributed by atoms with E-state index in [1.165, 1.54) is 46.0 Å². The standard InChI is InChI=1S/C22H23NO2/c1-14-9-10-17-18(11-14)22(3,12-20(24)25-4)13-23-19-8-6-5-7-16(19)15(2)21(17)23/h5-11H,12-13H2,1-4H3. The lowest BCUT2D eigenvalue weighted by atomic mass is 9.73. The molecule has 1 aliphatic rings. The summed E-state index contributed by atoms with van der Waals surface area (Å²) in [5.41, 5.74) is 7.23. The van der Waals surface area contributed by atoms with Gasteiger partial charge in [0.05, 0.1) is 19.2 Å². The topological polar surface area (TPSA) is 31.2 Å². The number of rotatable bonds is 2. The second-order valence-electron chi connectivity index (χ2n) is 7.44. The van der Waals surface area contributed by atoms with Crippen LogP contribution in [-0.4, -0.2) is 17.6 Å². The molecule has 0 N–H and O–H groups in total. The maximum atomic E-state index is 12.1. The fourth-order valence-electron chi connectivity index (χ4n) is 4.33. The van der Waals surface area contributed by atoms with E-state index < -0.39 is 0 Å². The van der Waals surface area contributed by atoms with Crippen LogP contribution in [-0.2, 0) is 21.5 Å². The third-order valence-corrected chi connectivity index (χ3v) is 5.57. The van der Waals surface area contributed by atoms with Gasteiger partial charge >= 0.3 is 5.97 Å². The van der Waals surface area contributed by atoms with Crippen LogP contribution >= 0.6 is 0 Å². The predicted octanol–water partition coefficient (Wildman–Crippen LogP) is 4.76. The normalized spacial score (nSPS) is 18.7. The zero-order chi connectivity index (χ0) is 17.8. The first-order valence-corrected chi connectivity index (χ1v) is 8.71. The monoisotopic (exact) mass is 333 g/mol. The van der Waals surface area contributed by atoms with Crippen molar-refractivity contribution in [3.05, 3.63) is 59.2 Å². The number of aromatic nitrogens is 1. The molecule has 2 aromatic carbocycles. The first kappa shape index (κ1) is 15.9. The molecule has 0 saturated heterocycles. The molecule has 3 nitrogen and oxygen atoms in total. The van der Waals surface area contributed by atoms with E-state index in [0.29, 0.717) is 6.42 Å². The van der Waals surface area contributed by atoms with Crippen molar-refractivity contribution >= 4 is 16.9 Å². The maximum Gasteiger partial charge on any atom is 0.306 e. The number of esters is 1. The van der Waals surface area contributed by atoms with Crippen LogP contribution in [0.1, 0.15) is 30.0 Å². The summed E-state index contributed by atoms with van der Waals surface area (Å²) >= 11 is 0. The summed E-state index contributed by atoms with van der Waals surface area (Å²) in [5, 5.41) is 1.28. The van der Waals surface area contributed by atoms with E-state index in [4.69, 9.17) is 4.74 Å². The van der Waals surface area contributed by atoms with Gasteiger partial charge in [0.2, 0.25) is 0 Å². The Bertz CT molecular complexity index is 999. The van der Waals surface area contributed by atoms with Crippen LogP contribution < -0.4 is 0 Å². The minimum atomic E-state index is -0.282. The van der Waals surface area contributed by atoms with Crippen molar-refractivity contribution in [1.29, 1.82) is 0 Å². The van der Waals surface area contributed by atoms with Gasteiger partial charge in [-0.25, -0.2) is 0 Å². The van der Waals surface area contributed by atoms with Crippen molar-refractivity contribution in [3.63, 3.8) is 0 Å². The van der Waals surface area contributed by atoms with Crippen molar-refractivity contribution in [2.45, 2.75) is 39.2 Å². The van der Waals surface area contributed by atoms with Gasteiger partial charge in [-0.05, 0) is 31.0 Å². The summed E-state index contributed by atoms with van der Waals surface area (Å²) in [6.07, 6.45) is 0.380. The number of ether oxygens (including phenoxy) is 1. The molecule has 0 fully saturated rings. The molecule has 0 radical (unpaired) electrons. The van der Waals surface area contributed by atoms with E-state index in [9.17, 15) is 4.79 Å². The summed E-state index contributed by atoms with van der Waals surface area (Å²) in [4.78, 5) is 12.1. The summed E-state index contributed by atoms with van der Waals surface area (Å²) < 4.78 is 7.38. The number of carbonyl (C=O) groups is 1. The predicted molar refractivity (Wildman–Crippen MR) is 101 cm³/mol. The molecule has 0 saturated carbocycles. The molecule has 4 rings (SSSR count). The summed E-state index contributed by atoms with van der Waals surface area (Å²) in [6.45, 7) is 7.26. The largest absolute Gasteiger partial charge is 0.469 e. The Kier molecular flexibility index (Phi) is 3.50. The zero-order valence-corrected chi connectivity index (χ0v) is 15.2. The van der Waals surface area contributed by atoms with Crippen molar-refractivity contribution in [2.75, 3.05) is 7.11 Å². The molecule has 128 valence electrons. The lowest BCUT2D eigenvalue weighted by molar-refractivity contribution is -0.142. The Labute approximate surface area is 148 Å². The summed E-state index contributed by atoms with van der Waals surface area (Å²) in [5.74, 6) is -0.161. The van der Waals surface area contributed by atoms with Gasteiger partial charge in [0.1, 0.15) is 0 Å². The molecule has 2 heterocycles. The van der Waals surface area contributed by atoms with Gasteiger partial charge in [0.25, 0.3) is 0 Å².